The van der Waals surface area contributed by atoms with E-state index in [0.717, 1.165) is 17.7 Å². The Morgan fingerprint density at radius 2 is 2.42 bits per heavy atom. The number of carbonyl (C=O) groups excluding carboxylic acids is 1. The predicted octanol–water partition coefficient (Wildman–Crippen LogP) is 2.46. The molecule has 0 aromatic carbocycles. The minimum atomic E-state index is -0.851. The van der Waals surface area contributed by atoms with E-state index < -0.39 is 5.97 Å². The number of carboxylic acids is 1. The second kappa shape index (κ2) is 6.06. The number of hydrogen-bond donors (Lipinski definition) is 2. The molecule has 1 aliphatic heterocycles. The van der Waals surface area contributed by atoms with Gasteiger partial charge in [-0.3, -0.25) is 4.79 Å². The molecule has 2 atom stereocenters. The monoisotopic (exact) mass is 282 g/mol. The zero-order valence-electron chi connectivity index (χ0n) is 10.8. The average Bonchev–Trinajstić information content (AvgIpc) is 2.97. The van der Waals surface area contributed by atoms with E-state index in [9.17, 15) is 9.59 Å². The van der Waals surface area contributed by atoms with Crippen molar-refractivity contribution >= 4 is 23.3 Å². The predicted molar refractivity (Wildman–Crippen MR) is 73.2 cm³/mol. The van der Waals surface area contributed by atoms with Gasteiger partial charge in [0.25, 0.3) is 0 Å². The molecule has 1 aromatic heterocycles. The lowest BCUT2D eigenvalue weighted by Gasteiger charge is -2.25. The van der Waals surface area contributed by atoms with Crippen LogP contribution in [0.1, 0.15) is 37.1 Å². The van der Waals surface area contributed by atoms with Crippen LogP contribution in [0, 0.1) is 0 Å². The Bertz CT molecular complexity index is 447. The molecule has 0 bridgehead atoms. The third-order valence-corrected chi connectivity index (χ3v) is 4.41. The summed E-state index contributed by atoms with van der Waals surface area (Å²) in [6.07, 6.45) is 1.67. The normalized spacial score (nSPS) is 20.3. The number of thiophene rings is 1. The van der Waals surface area contributed by atoms with Gasteiger partial charge in [-0.15, -0.1) is 11.3 Å². The molecule has 0 aliphatic carbocycles. The maximum absolute atomic E-state index is 12.2. The Morgan fingerprint density at radius 3 is 3.05 bits per heavy atom. The maximum atomic E-state index is 12.2. The van der Waals surface area contributed by atoms with Crippen molar-refractivity contribution < 1.29 is 14.7 Å². The van der Waals surface area contributed by atoms with Crippen molar-refractivity contribution in [1.82, 2.24) is 10.2 Å². The van der Waals surface area contributed by atoms with E-state index in [0.29, 0.717) is 6.54 Å². The number of carboxylic acid groups (broad SMARTS) is 1. The average molecular weight is 282 g/mol. The minimum absolute atomic E-state index is 0.0286. The van der Waals surface area contributed by atoms with Gasteiger partial charge >= 0.3 is 12.0 Å². The lowest BCUT2D eigenvalue weighted by Crippen LogP contribution is -2.44. The Balaban J connectivity index is 1.93. The molecule has 5 nitrogen and oxygen atoms in total. The van der Waals surface area contributed by atoms with Crippen LogP contribution in [0.2, 0.25) is 0 Å². The van der Waals surface area contributed by atoms with Crippen LogP contribution in [0.5, 0.6) is 0 Å². The van der Waals surface area contributed by atoms with E-state index in [1.54, 1.807) is 16.2 Å². The number of likely N-dealkylation sites (tertiary alicyclic amines) is 1. The fourth-order valence-electron chi connectivity index (χ4n) is 2.39. The zero-order valence-corrected chi connectivity index (χ0v) is 11.7. The number of rotatable bonds is 4. The van der Waals surface area contributed by atoms with Gasteiger partial charge in [-0.2, -0.15) is 0 Å². The molecule has 19 heavy (non-hydrogen) atoms. The second-order valence-electron chi connectivity index (χ2n) is 4.77. The third-order valence-electron chi connectivity index (χ3n) is 3.36. The molecule has 2 amide bonds. The first-order valence-electron chi connectivity index (χ1n) is 6.40. The number of nitrogens with zero attached hydrogens (tertiary/aromatic N) is 1. The number of amides is 2. The molecule has 2 N–H and O–H groups in total. The van der Waals surface area contributed by atoms with Crippen LogP contribution in [0.3, 0.4) is 0 Å². The van der Waals surface area contributed by atoms with E-state index in [2.05, 4.69) is 5.32 Å². The standard InChI is InChI=1S/C13H18N2O3S/c1-9(11-5-3-7-19-11)14-13(18)15-6-2-4-10(15)8-12(16)17/h3,5,7,9-10H,2,4,6,8H2,1H3,(H,14,18)(H,16,17). The van der Waals surface area contributed by atoms with Crippen molar-refractivity contribution in [2.45, 2.75) is 38.3 Å². The summed E-state index contributed by atoms with van der Waals surface area (Å²) in [5.74, 6) is -0.851. The van der Waals surface area contributed by atoms with Crippen molar-refractivity contribution in [2.24, 2.45) is 0 Å². The first-order valence-corrected chi connectivity index (χ1v) is 7.28. The zero-order chi connectivity index (χ0) is 13.8. The van der Waals surface area contributed by atoms with Gasteiger partial charge in [0.2, 0.25) is 0 Å². The summed E-state index contributed by atoms with van der Waals surface area (Å²) in [6.45, 7) is 2.58. The molecule has 0 spiro atoms. The summed E-state index contributed by atoms with van der Waals surface area (Å²) in [5, 5.41) is 13.8. The van der Waals surface area contributed by atoms with Gasteiger partial charge in [0.15, 0.2) is 0 Å². The van der Waals surface area contributed by atoms with Crippen LogP contribution in [0.25, 0.3) is 0 Å². The van der Waals surface area contributed by atoms with Crippen molar-refractivity contribution in [1.29, 1.82) is 0 Å². The number of hydrogen-bond acceptors (Lipinski definition) is 3. The van der Waals surface area contributed by atoms with Crippen LogP contribution in [0.4, 0.5) is 4.79 Å². The molecule has 2 heterocycles. The molecule has 1 saturated heterocycles. The van der Waals surface area contributed by atoms with Crippen LogP contribution in [-0.2, 0) is 4.79 Å². The first kappa shape index (κ1) is 13.9. The largest absolute Gasteiger partial charge is 0.481 e. The smallest absolute Gasteiger partial charge is 0.318 e. The molecule has 1 fully saturated rings. The van der Waals surface area contributed by atoms with Crippen LogP contribution in [0.15, 0.2) is 17.5 Å². The molecule has 2 unspecified atom stereocenters. The van der Waals surface area contributed by atoms with Crippen molar-refractivity contribution in [3.63, 3.8) is 0 Å². The highest BCUT2D eigenvalue weighted by Gasteiger charge is 2.30. The maximum Gasteiger partial charge on any atom is 0.318 e. The number of urea groups is 1. The molecule has 2 rings (SSSR count). The highest BCUT2D eigenvalue weighted by atomic mass is 32.1. The van der Waals surface area contributed by atoms with E-state index in [-0.39, 0.29) is 24.5 Å². The topological polar surface area (TPSA) is 69.6 Å². The number of nitrogens with one attached hydrogen (secondary N) is 1. The summed E-state index contributed by atoms with van der Waals surface area (Å²) in [7, 11) is 0. The lowest BCUT2D eigenvalue weighted by molar-refractivity contribution is -0.137. The summed E-state index contributed by atoms with van der Waals surface area (Å²) in [6, 6.07) is 3.55. The van der Waals surface area contributed by atoms with Gasteiger partial charge in [0.05, 0.1) is 12.5 Å². The molecule has 0 radical (unpaired) electrons. The van der Waals surface area contributed by atoms with E-state index in [1.165, 1.54) is 0 Å². The first-order chi connectivity index (χ1) is 9.08. The van der Waals surface area contributed by atoms with Crippen LogP contribution < -0.4 is 5.32 Å². The Labute approximate surface area is 116 Å². The molecule has 1 aromatic rings. The summed E-state index contributed by atoms with van der Waals surface area (Å²) in [5.41, 5.74) is 0. The number of aliphatic carboxylic acids is 1. The number of carbonyl (C=O) groups is 2. The Kier molecular flexibility index (Phi) is 4.42. The molecule has 0 saturated carbocycles. The molecule has 6 heteroatoms. The van der Waals surface area contributed by atoms with E-state index in [1.807, 2.05) is 24.4 Å². The molecular weight excluding hydrogens is 264 g/mol. The van der Waals surface area contributed by atoms with Gasteiger partial charge in [-0.1, -0.05) is 6.07 Å². The summed E-state index contributed by atoms with van der Waals surface area (Å²) >= 11 is 1.60. The summed E-state index contributed by atoms with van der Waals surface area (Å²) < 4.78 is 0. The molecule has 1 aliphatic rings. The fourth-order valence-corrected chi connectivity index (χ4v) is 3.13. The quantitative estimate of drug-likeness (QED) is 0.891. The van der Waals surface area contributed by atoms with Crippen molar-refractivity contribution in [3.8, 4) is 0 Å². The van der Waals surface area contributed by atoms with Crippen LogP contribution in [-0.4, -0.2) is 34.6 Å². The van der Waals surface area contributed by atoms with Crippen molar-refractivity contribution in [3.05, 3.63) is 22.4 Å². The van der Waals surface area contributed by atoms with Gasteiger partial charge < -0.3 is 15.3 Å². The fraction of sp³-hybridized carbons (Fsp3) is 0.538. The lowest BCUT2D eigenvalue weighted by atomic mass is 10.1. The van der Waals surface area contributed by atoms with E-state index in [4.69, 9.17) is 5.11 Å². The van der Waals surface area contributed by atoms with E-state index >= 15 is 0 Å². The van der Waals surface area contributed by atoms with Gasteiger partial charge in [0, 0.05) is 17.5 Å². The van der Waals surface area contributed by atoms with Gasteiger partial charge in [-0.05, 0) is 31.2 Å². The van der Waals surface area contributed by atoms with Crippen LogP contribution >= 0.6 is 11.3 Å². The van der Waals surface area contributed by atoms with Gasteiger partial charge in [0.1, 0.15) is 0 Å². The highest BCUT2D eigenvalue weighted by molar-refractivity contribution is 7.10. The Morgan fingerprint density at radius 1 is 1.63 bits per heavy atom. The highest BCUT2D eigenvalue weighted by Crippen LogP contribution is 2.22. The van der Waals surface area contributed by atoms with Crippen molar-refractivity contribution in [2.75, 3.05) is 6.54 Å². The Hall–Kier alpha value is -1.56. The minimum Gasteiger partial charge on any atom is -0.481 e. The van der Waals surface area contributed by atoms with Gasteiger partial charge in [-0.25, -0.2) is 4.79 Å². The second-order valence-corrected chi connectivity index (χ2v) is 5.75. The SMILES string of the molecule is CC(NC(=O)N1CCCC1CC(=O)O)c1cccs1. The summed E-state index contributed by atoms with van der Waals surface area (Å²) in [4.78, 5) is 25.7. The molecule has 104 valence electrons. The molecular formula is C13H18N2O3S. The third kappa shape index (κ3) is 3.47.